The zero-order chi connectivity index (χ0) is 4.83. The average Bonchev–Trinajstić information content (AvgIpc) is 1.61. The van der Waals surface area contributed by atoms with Gasteiger partial charge >= 0.3 is 0 Å². The molecular weight excluding hydrogens is 78.0 g/mol. The Morgan fingerprint density at radius 1 is 1.83 bits per heavy atom. The van der Waals surface area contributed by atoms with Crippen molar-refractivity contribution < 1.29 is 4.74 Å². The molecule has 0 saturated carbocycles. The average molecular weight is 87.1 g/mol. The standard InChI is InChI=1S/C5H9O/c1-3-5-6-4-2/h3,5H,1,4H2,2H3/i4+2. The van der Waals surface area contributed by atoms with Crippen LogP contribution < -0.4 is 0 Å². The van der Waals surface area contributed by atoms with Crippen molar-refractivity contribution in [2.75, 3.05) is 6.61 Å². The molecule has 0 aliphatic rings. The Morgan fingerprint density at radius 2 is 2.50 bits per heavy atom. The van der Waals surface area contributed by atoms with Gasteiger partial charge in [0.25, 0.3) is 0 Å². The second-order valence-corrected chi connectivity index (χ2v) is 0.827. The highest BCUT2D eigenvalue weighted by molar-refractivity contribution is 4.76. The van der Waals surface area contributed by atoms with Gasteiger partial charge in [-0.15, -0.1) is 6.58 Å². The Kier molecular flexibility index (Phi) is 4.46. The maximum Gasteiger partial charge on any atom is 0.105 e. The van der Waals surface area contributed by atoms with Crippen LogP contribution in [-0.4, -0.2) is 6.61 Å². The van der Waals surface area contributed by atoms with Crippen molar-refractivity contribution in [2.45, 2.75) is 6.92 Å². The fourth-order valence-corrected chi connectivity index (χ4v) is 0.164. The second-order valence-electron chi connectivity index (χ2n) is 0.827. The van der Waals surface area contributed by atoms with E-state index in [1.54, 1.807) is 12.7 Å². The molecule has 0 aromatic heterocycles. The molecule has 0 amide bonds. The van der Waals surface area contributed by atoms with Crippen LogP contribution in [0.5, 0.6) is 0 Å². The molecule has 0 N–H and O–H groups in total. The first-order valence-corrected chi connectivity index (χ1v) is 1.97. The minimum atomic E-state index is 0.728. The van der Waals surface area contributed by atoms with E-state index in [9.17, 15) is 0 Å². The molecule has 0 aromatic carbocycles. The zero-order valence-electron chi connectivity index (χ0n) is 3.98. The third kappa shape index (κ3) is 3.70. The summed E-state index contributed by atoms with van der Waals surface area (Å²) in [5, 5.41) is 0. The summed E-state index contributed by atoms with van der Waals surface area (Å²) in [4.78, 5) is 0. The van der Waals surface area contributed by atoms with Gasteiger partial charge in [0.15, 0.2) is 0 Å². The lowest BCUT2D eigenvalue weighted by Gasteiger charge is -1.87. The van der Waals surface area contributed by atoms with Crippen LogP contribution in [0, 0.1) is 6.61 Å². The van der Waals surface area contributed by atoms with E-state index < -0.39 is 0 Å². The van der Waals surface area contributed by atoms with Crippen LogP contribution in [0.4, 0.5) is 0 Å². The molecule has 0 fully saturated rings. The van der Waals surface area contributed by atoms with Gasteiger partial charge in [0, 0.05) is 6.61 Å². The topological polar surface area (TPSA) is 9.23 Å². The predicted octanol–water partition coefficient (Wildman–Crippen LogP) is 1.37. The summed E-state index contributed by atoms with van der Waals surface area (Å²) in [5.74, 6) is 0. The molecule has 0 saturated heterocycles. The minimum absolute atomic E-state index is 0.728. The van der Waals surface area contributed by atoms with E-state index in [0.717, 1.165) is 6.61 Å². The second kappa shape index (κ2) is 4.70. The lowest BCUT2D eigenvalue weighted by molar-refractivity contribution is 0.233. The molecular formula is C5H9O. The van der Waals surface area contributed by atoms with E-state index >= 15 is 0 Å². The molecule has 0 bridgehead atoms. The van der Waals surface area contributed by atoms with Crippen molar-refractivity contribution in [1.82, 2.24) is 0 Å². The van der Waals surface area contributed by atoms with E-state index in [4.69, 9.17) is 4.74 Å². The maximum absolute atomic E-state index is 4.74. The van der Waals surface area contributed by atoms with Crippen molar-refractivity contribution >= 4 is 0 Å². The fraction of sp³-hybridized carbons (Fsp3) is 0.400. The van der Waals surface area contributed by atoms with E-state index in [0.29, 0.717) is 0 Å². The highest BCUT2D eigenvalue weighted by Gasteiger charge is 1.69. The van der Waals surface area contributed by atoms with E-state index in [1.807, 2.05) is 6.92 Å². The van der Waals surface area contributed by atoms with Crippen LogP contribution in [0.15, 0.2) is 12.7 Å². The van der Waals surface area contributed by atoms with Crippen LogP contribution in [0.25, 0.3) is 0 Å². The van der Waals surface area contributed by atoms with Gasteiger partial charge in [0.1, 0.15) is 6.61 Å². The van der Waals surface area contributed by atoms with Gasteiger partial charge in [-0.25, -0.2) is 0 Å². The minimum Gasteiger partial charge on any atom is -0.371 e. The Balaban J connectivity index is 2.49. The molecule has 35 valence electrons. The van der Waals surface area contributed by atoms with Crippen LogP contribution in [-0.2, 0) is 4.74 Å². The van der Waals surface area contributed by atoms with Gasteiger partial charge in [0.05, 0.1) is 0 Å². The molecule has 0 rings (SSSR count). The summed E-state index contributed by atoms with van der Waals surface area (Å²) in [5.41, 5.74) is 0. The smallest absolute Gasteiger partial charge is 0.105 e. The fourth-order valence-electron chi connectivity index (χ4n) is 0.164. The lowest BCUT2D eigenvalue weighted by Crippen LogP contribution is -1.79. The monoisotopic (exact) mass is 87.1 g/mol. The highest BCUT2D eigenvalue weighted by Crippen LogP contribution is 1.77. The highest BCUT2D eigenvalue weighted by atomic mass is 16.6. The summed E-state index contributed by atoms with van der Waals surface area (Å²) in [6.45, 7) is 7.65. The lowest BCUT2D eigenvalue weighted by atomic mass is 10.7. The summed E-state index contributed by atoms with van der Waals surface area (Å²) >= 11 is 0. The van der Waals surface area contributed by atoms with Gasteiger partial charge < -0.3 is 4.74 Å². The van der Waals surface area contributed by atoms with Crippen LogP contribution in [0.2, 0.25) is 0 Å². The molecule has 0 unspecified atom stereocenters. The molecule has 0 aliphatic heterocycles. The van der Waals surface area contributed by atoms with Crippen molar-refractivity contribution in [3.8, 4) is 0 Å². The number of ether oxygens (including phenoxy) is 1. The first-order chi connectivity index (χ1) is 2.91. The largest absolute Gasteiger partial charge is 0.371 e. The van der Waals surface area contributed by atoms with Gasteiger partial charge in [-0.3, -0.25) is 0 Å². The van der Waals surface area contributed by atoms with Gasteiger partial charge in [-0.05, 0) is 6.92 Å². The molecule has 0 aromatic rings. The normalized spacial score (nSPS) is 8.17. The molecule has 0 aliphatic carbocycles. The summed E-state index contributed by atoms with van der Waals surface area (Å²) in [6, 6.07) is 0. The van der Waals surface area contributed by atoms with Gasteiger partial charge in [-0.2, -0.15) is 0 Å². The zero-order valence-corrected chi connectivity index (χ0v) is 3.98. The molecule has 0 spiro atoms. The van der Waals surface area contributed by atoms with E-state index in [-0.39, 0.29) is 0 Å². The molecule has 0 atom stereocenters. The molecule has 6 heavy (non-hydrogen) atoms. The molecule has 1 nitrogen and oxygen atoms in total. The summed E-state index contributed by atoms with van der Waals surface area (Å²) in [7, 11) is 0. The van der Waals surface area contributed by atoms with Gasteiger partial charge in [-0.1, -0.05) is 6.08 Å². The summed E-state index contributed by atoms with van der Waals surface area (Å²) in [6.07, 6.45) is 1.61. The SMILES string of the molecule is C=C[CH]O[14CH2]C. The Labute approximate surface area is 38.6 Å². The maximum atomic E-state index is 4.74. The molecule has 1 radical (unpaired) electrons. The van der Waals surface area contributed by atoms with E-state index in [2.05, 4.69) is 6.58 Å². The van der Waals surface area contributed by atoms with Crippen molar-refractivity contribution in [3.63, 3.8) is 0 Å². The number of hydrogen-bond acceptors (Lipinski definition) is 1. The Bertz CT molecular complexity index is 32.9. The van der Waals surface area contributed by atoms with Crippen LogP contribution in [0.1, 0.15) is 6.92 Å². The third-order valence-electron chi connectivity index (χ3n) is 0.359. The molecule has 0 heterocycles. The molecule has 1 heteroatoms. The van der Waals surface area contributed by atoms with Crippen LogP contribution >= 0.6 is 0 Å². The van der Waals surface area contributed by atoms with Crippen molar-refractivity contribution in [3.05, 3.63) is 19.3 Å². The first kappa shape index (κ1) is 5.70. The van der Waals surface area contributed by atoms with E-state index in [1.165, 1.54) is 0 Å². The number of hydrogen-bond donors (Lipinski definition) is 0. The van der Waals surface area contributed by atoms with Crippen molar-refractivity contribution in [1.29, 1.82) is 0 Å². The quantitative estimate of drug-likeness (QED) is 0.472. The third-order valence-corrected chi connectivity index (χ3v) is 0.359. The Morgan fingerprint density at radius 3 is 2.67 bits per heavy atom. The van der Waals surface area contributed by atoms with Crippen LogP contribution in [0.3, 0.4) is 0 Å². The van der Waals surface area contributed by atoms with Crippen molar-refractivity contribution in [2.24, 2.45) is 0 Å². The summed E-state index contributed by atoms with van der Waals surface area (Å²) < 4.78 is 4.74. The predicted molar refractivity (Wildman–Crippen MR) is 26.1 cm³/mol. The Hall–Kier alpha value is -0.300. The van der Waals surface area contributed by atoms with Gasteiger partial charge in [0.2, 0.25) is 0 Å². The first-order valence-electron chi connectivity index (χ1n) is 1.97. The number of rotatable bonds is 3.